The van der Waals surface area contributed by atoms with E-state index in [1.54, 1.807) is 0 Å². The first-order chi connectivity index (χ1) is 4.04. The summed E-state index contributed by atoms with van der Waals surface area (Å²) < 4.78 is 0. The van der Waals surface area contributed by atoms with Crippen molar-refractivity contribution < 1.29 is 9.90 Å². The van der Waals surface area contributed by atoms with Crippen LogP contribution in [0, 0.1) is 5.41 Å². The molecule has 6 N–H and O–H groups in total. The standard InChI is InChI=1S/C4H9N3O2/c5-2(4(8)9)1-3(6)7/h2H,1,5H2,(H3,6,7)(H,8,9)/t2-/m0/s1. The van der Waals surface area contributed by atoms with Gasteiger partial charge in [0.05, 0.1) is 5.84 Å². The predicted molar refractivity (Wildman–Crippen MR) is 32.1 cm³/mol. The van der Waals surface area contributed by atoms with Crippen LogP contribution in [-0.4, -0.2) is 23.0 Å². The van der Waals surface area contributed by atoms with Crippen LogP contribution in [0.25, 0.3) is 0 Å². The highest BCUT2D eigenvalue weighted by Crippen LogP contribution is 1.84. The van der Waals surface area contributed by atoms with Gasteiger partial charge in [0.25, 0.3) is 0 Å². The maximum atomic E-state index is 9.96. The van der Waals surface area contributed by atoms with Crippen LogP contribution in [0.4, 0.5) is 0 Å². The van der Waals surface area contributed by atoms with Gasteiger partial charge in [-0.15, -0.1) is 0 Å². The molecule has 0 aliphatic heterocycles. The van der Waals surface area contributed by atoms with Crippen molar-refractivity contribution in [2.45, 2.75) is 12.5 Å². The molecular weight excluding hydrogens is 122 g/mol. The zero-order valence-corrected chi connectivity index (χ0v) is 4.79. The van der Waals surface area contributed by atoms with Crippen molar-refractivity contribution in [1.82, 2.24) is 0 Å². The monoisotopic (exact) mass is 131 g/mol. The van der Waals surface area contributed by atoms with E-state index in [2.05, 4.69) is 0 Å². The van der Waals surface area contributed by atoms with Crippen molar-refractivity contribution in [1.29, 1.82) is 5.41 Å². The Kier molecular flexibility index (Phi) is 2.66. The summed E-state index contributed by atoms with van der Waals surface area (Å²) in [7, 11) is 0. The smallest absolute Gasteiger partial charge is 0.320 e. The molecule has 0 fully saturated rings. The normalized spacial score (nSPS) is 12.6. The van der Waals surface area contributed by atoms with Crippen molar-refractivity contribution in [3.8, 4) is 0 Å². The fourth-order valence-corrected chi connectivity index (χ4v) is 0.324. The number of carboxylic acids is 1. The summed E-state index contributed by atoms with van der Waals surface area (Å²) in [5.74, 6) is -1.34. The second-order valence-corrected chi connectivity index (χ2v) is 1.67. The van der Waals surface area contributed by atoms with Crippen LogP contribution in [0.5, 0.6) is 0 Å². The molecule has 0 aromatic rings. The molecule has 0 aromatic carbocycles. The van der Waals surface area contributed by atoms with Crippen molar-refractivity contribution >= 4 is 11.8 Å². The summed E-state index contributed by atoms with van der Waals surface area (Å²) in [6.07, 6.45) is -0.0880. The molecule has 9 heavy (non-hydrogen) atoms. The first kappa shape index (κ1) is 7.90. The van der Waals surface area contributed by atoms with Gasteiger partial charge in [-0.1, -0.05) is 0 Å². The summed E-state index contributed by atoms with van der Waals surface area (Å²) >= 11 is 0. The third kappa shape index (κ3) is 3.48. The SMILES string of the molecule is N=C(N)C[C@H](N)C(=O)O. The van der Waals surface area contributed by atoms with E-state index in [1.807, 2.05) is 0 Å². The molecule has 5 heteroatoms. The van der Waals surface area contributed by atoms with E-state index < -0.39 is 12.0 Å². The van der Waals surface area contributed by atoms with Gasteiger partial charge >= 0.3 is 5.97 Å². The lowest BCUT2D eigenvalue weighted by Crippen LogP contribution is -2.34. The van der Waals surface area contributed by atoms with Gasteiger partial charge in [0.2, 0.25) is 0 Å². The Bertz CT molecular complexity index is 134. The molecule has 0 saturated heterocycles. The third-order valence-corrected chi connectivity index (χ3v) is 0.757. The summed E-state index contributed by atoms with van der Waals surface area (Å²) in [5, 5.41) is 14.8. The Balaban J connectivity index is 3.63. The molecule has 0 spiro atoms. The Hall–Kier alpha value is -1.10. The second-order valence-electron chi connectivity index (χ2n) is 1.67. The van der Waals surface area contributed by atoms with E-state index in [0.29, 0.717) is 0 Å². The van der Waals surface area contributed by atoms with Crippen LogP contribution < -0.4 is 11.5 Å². The number of carbonyl (C=O) groups is 1. The summed E-state index contributed by atoms with van der Waals surface area (Å²) in [6.45, 7) is 0. The van der Waals surface area contributed by atoms with E-state index in [4.69, 9.17) is 22.0 Å². The van der Waals surface area contributed by atoms with Crippen LogP contribution in [0.1, 0.15) is 6.42 Å². The summed E-state index contributed by atoms with van der Waals surface area (Å²) in [4.78, 5) is 9.96. The average Bonchev–Trinajstić information content (AvgIpc) is 1.63. The van der Waals surface area contributed by atoms with Crippen LogP contribution in [0.15, 0.2) is 0 Å². The summed E-state index contributed by atoms with van der Waals surface area (Å²) in [6, 6.07) is -1.04. The minimum Gasteiger partial charge on any atom is -0.480 e. The molecule has 0 bridgehead atoms. The number of carboxylic acid groups (broad SMARTS) is 1. The van der Waals surface area contributed by atoms with Gasteiger partial charge in [-0.25, -0.2) is 0 Å². The Morgan fingerprint density at radius 1 is 1.78 bits per heavy atom. The zero-order chi connectivity index (χ0) is 7.44. The maximum Gasteiger partial charge on any atom is 0.320 e. The number of hydrogen-bond acceptors (Lipinski definition) is 3. The van der Waals surface area contributed by atoms with Crippen LogP contribution in [0.2, 0.25) is 0 Å². The molecule has 0 amide bonds. The quantitative estimate of drug-likeness (QED) is 0.282. The largest absolute Gasteiger partial charge is 0.480 e. The lowest BCUT2D eigenvalue weighted by atomic mass is 10.2. The van der Waals surface area contributed by atoms with E-state index >= 15 is 0 Å². The van der Waals surface area contributed by atoms with Gasteiger partial charge in [-0.05, 0) is 0 Å². The number of amidine groups is 1. The molecule has 5 nitrogen and oxygen atoms in total. The minimum absolute atomic E-state index is 0.0880. The predicted octanol–water partition coefficient (Wildman–Crippen LogP) is -1.28. The molecular formula is C4H9N3O2. The highest BCUT2D eigenvalue weighted by molar-refractivity contribution is 5.84. The number of nitrogens with one attached hydrogen (secondary N) is 1. The number of aliphatic carboxylic acids is 1. The van der Waals surface area contributed by atoms with Crippen molar-refractivity contribution in [3.63, 3.8) is 0 Å². The molecule has 0 rings (SSSR count). The molecule has 0 radical (unpaired) electrons. The zero-order valence-electron chi connectivity index (χ0n) is 4.79. The van der Waals surface area contributed by atoms with Crippen LogP contribution >= 0.6 is 0 Å². The highest BCUT2D eigenvalue weighted by Gasteiger charge is 2.11. The molecule has 0 saturated carbocycles. The van der Waals surface area contributed by atoms with Gasteiger partial charge in [0.1, 0.15) is 6.04 Å². The van der Waals surface area contributed by atoms with E-state index in [1.165, 1.54) is 0 Å². The fourth-order valence-electron chi connectivity index (χ4n) is 0.324. The number of nitrogens with two attached hydrogens (primary N) is 2. The molecule has 52 valence electrons. The Morgan fingerprint density at radius 2 is 2.22 bits per heavy atom. The Labute approximate surface area is 52.2 Å². The van der Waals surface area contributed by atoms with Gasteiger partial charge in [-0.2, -0.15) is 0 Å². The average molecular weight is 131 g/mol. The molecule has 0 aromatic heterocycles. The first-order valence-corrected chi connectivity index (χ1v) is 2.35. The first-order valence-electron chi connectivity index (χ1n) is 2.35. The van der Waals surface area contributed by atoms with Crippen molar-refractivity contribution in [2.75, 3.05) is 0 Å². The molecule has 0 aliphatic carbocycles. The molecule has 0 heterocycles. The van der Waals surface area contributed by atoms with Gasteiger partial charge < -0.3 is 16.6 Å². The topological polar surface area (TPSA) is 113 Å². The van der Waals surface area contributed by atoms with Crippen molar-refractivity contribution in [2.24, 2.45) is 11.5 Å². The van der Waals surface area contributed by atoms with Gasteiger partial charge in [0.15, 0.2) is 0 Å². The lowest BCUT2D eigenvalue weighted by Gasteiger charge is -2.01. The van der Waals surface area contributed by atoms with Gasteiger partial charge in [-0.3, -0.25) is 10.2 Å². The number of rotatable bonds is 3. The van der Waals surface area contributed by atoms with E-state index in [9.17, 15) is 4.79 Å². The van der Waals surface area contributed by atoms with Crippen LogP contribution in [0.3, 0.4) is 0 Å². The van der Waals surface area contributed by atoms with E-state index in [-0.39, 0.29) is 12.3 Å². The number of hydrogen-bond donors (Lipinski definition) is 4. The third-order valence-electron chi connectivity index (χ3n) is 0.757. The van der Waals surface area contributed by atoms with Crippen molar-refractivity contribution in [3.05, 3.63) is 0 Å². The maximum absolute atomic E-state index is 9.96. The second kappa shape index (κ2) is 3.03. The lowest BCUT2D eigenvalue weighted by molar-refractivity contribution is -0.138. The molecule has 1 atom stereocenters. The van der Waals surface area contributed by atoms with Crippen LogP contribution in [-0.2, 0) is 4.79 Å². The molecule has 0 aliphatic rings. The Morgan fingerprint density at radius 3 is 2.33 bits per heavy atom. The highest BCUT2D eigenvalue weighted by atomic mass is 16.4. The summed E-state index contributed by atoms with van der Waals surface area (Å²) in [5.41, 5.74) is 9.87. The van der Waals surface area contributed by atoms with Gasteiger partial charge in [0, 0.05) is 6.42 Å². The molecule has 0 unspecified atom stereocenters. The minimum atomic E-state index is -1.13. The fraction of sp³-hybridized carbons (Fsp3) is 0.500. The van der Waals surface area contributed by atoms with E-state index in [0.717, 1.165) is 0 Å².